The van der Waals surface area contributed by atoms with Crippen molar-refractivity contribution in [3.05, 3.63) is 0 Å². The molecule has 3 N–H and O–H groups in total. The third-order valence-electron chi connectivity index (χ3n) is 4.71. The van der Waals surface area contributed by atoms with Crippen molar-refractivity contribution in [3.63, 3.8) is 0 Å². The van der Waals surface area contributed by atoms with Gasteiger partial charge in [0.2, 0.25) is 0 Å². The Labute approximate surface area is 190 Å². The van der Waals surface area contributed by atoms with E-state index in [-0.39, 0.29) is 17.9 Å². The average molecular weight is 463 g/mol. The number of nitrogens with zero attached hydrogens (tertiary/aromatic N) is 1. The van der Waals surface area contributed by atoms with Gasteiger partial charge in [0.1, 0.15) is 5.54 Å². The van der Waals surface area contributed by atoms with Crippen LogP contribution in [0.1, 0.15) is 104 Å². The second kappa shape index (κ2) is 16.6. The van der Waals surface area contributed by atoms with Gasteiger partial charge in [0, 0.05) is 12.8 Å². The molecule has 0 aromatic carbocycles. The van der Waals surface area contributed by atoms with Crippen molar-refractivity contribution in [2.24, 2.45) is 0 Å². The van der Waals surface area contributed by atoms with Crippen LogP contribution in [-0.4, -0.2) is 42.9 Å². The number of aliphatic carboxylic acids is 1. The normalized spacial score (nSPS) is 13.9. The van der Waals surface area contributed by atoms with E-state index in [1.807, 2.05) is 0 Å². The van der Waals surface area contributed by atoms with Gasteiger partial charge in [-0.05, 0) is 38.6 Å². The van der Waals surface area contributed by atoms with Crippen molar-refractivity contribution >= 4 is 46.1 Å². The number of carboxylic acids is 1. The van der Waals surface area contributed by atoms with E-state index in [0.29, 0.717) is 0 Å². The lowest BCUT2D eigenvalue weighted by Gasteiger charge is -2.20. The number of unbranched alkanes of at least 4 members (excludes halogenated alkanes) is 9. The molecule has 0 radical (unpaired) electrons. The summed E-state index contributed by atoms with van der Waals surface area (Å²) in [5, 5.41) is 17.6. The summed E-state index contributed by atoms with van der Waals surface area (Å²) in [6.07, 6.45) is 14.3. The molecule has 174 valence electrons. The summed E-state index contributed by atoms with van der Waals surface area (Å²) in [7, 11) is 0. The smallest absolute Gasteiger partial charge is 0.324 e. The second-order valence-corrected chi connectivity index (χ2v) is 9.69. The number of amides is 2. The molecule has 0 unspecified atom stereocenters. The molecule has 0 saturated carbocycles. The van der Waals surface area contributed by atoms with Gasteiger partial charge in [-0.15, -0.1) is 0 Å². The van der Waals surface area contributed by atoms with E-state index in [0.717, 1.165) is 17.0 Å². The van der Waals surface area contributed by atoms with Crippen LogP contribution in [0.3, 0.4) is 0 Å². The fourth-order valence-electron chi connectivity index (χ4n) is 2.60. The molecule has 1 aliphatic heterocycles. The van der Waals surface area contributed by atoms with E-state index >= 15 is 0 Å². The first kappa shape index (κ1) is 29.0. The summed E-state index contributed by atoms with van der Waals surface area (Å²) in [5.74, 6) is -1.87. The predicted molar refractivity (Wildman–Crippen MR) is 124 cm³/mol. The summed E-state index contributed by atoms with van der Waals surface area (Å²) in [5.41, 5.74) is -0.938. The largest absolute Gasteiger partial charge is 0.480 e. The van der Waals surface area contributed by atoms with E-state index < -0.39 is 23.3 Å². The zero-order chi connectivity index (χ0) is 23.0. The zero-order valence-electron chi connectivity index (χ0n) is 18.6. The number of carbonyl (C=O) groups is 3. The van der Waals surface area contributed by atoms with Gasteiger partial charge in [0.05, 0.1) is 4.20 Å². The number of rotatable bonds is 14. The van der Waals surface area contributed by atoms with Gasteiger partial charge in [0.25, 0.3) is 11.8 Å². The van der Waals surface area contributed by atoms with Crippen LogP contribution in [0.15, 0.2) is 0 Å². The Kier molecular flexibility index (Phi) is 16.1. The maximum absolute atomic E-state index is 11.0. The molecule has 30 heavy (non-hydrogen) atoms. The first-order chi connectivity index (χ1) is 14.1. The number of imide groups is 1. The molecule has 0 spiro atoms. The molecule has 0 aliphatic carbocycles. The second-order valence-electron chi connectivity index (χ2n) is 8.04. The number of thiocarbonyl (C=S) groups is 1. The fourth-order valence-corrected chi connectivity index (χ4v) is 3.57. The van der Waals surface area contributed by atoms with E-state index in [2.05, 4.69) is 11.6 Å². The molecule has 0 aromatic rings. The van der Waals surface area contributed by atoms with Gasteiger partial charge in [-0.2, -0.15) is 5.06 Å². The number of carbonyl (C=O) groups excluding carboxylic acids is 2. The van der Waals surface area contributed by atoms with Gasteiger partial charge in [0.15, 0.2) is 0 Å². The molecule has 7 nitrogen and oxygen atoms in total. The highest BCUT2D eigenvalue weighted by Gasteiger charge is 2.27. The van der Waals surface area contributed by atoms with Gasteiger partial charge >= 0.3 is 5.97 Å². The molecule has 0 aromatic heterocycles. The summed E-state index contributed by atoms with van der Waals surface area (Å²) in [6.45, 7) is 5.54. The molecular formula is C21H38N2O5S2. The lowest BCUT2D eigenvalue weighted by molar-refractivity contribution is -0.171. The number of hydroxylamine groups is 2. The highest BCUT2D eigenvalue weighted by Crippen LogP contribution is 2.16. The number of nitrogens with one attached hydrogen (secondary N) is 1. The highest BCUT2D eigenvalue weighted by atomic mass is 32.2. The van der Waals surface area contributed by atoms with E-state index in [1.54, 1.807) is 13.8 Å². The number of hydrogen-bond acceptors (Lipinski definition) is 7. The third-order valence-corrected chi connectivity index (χ3v) is 6.21. The summed E-state index contributed by atoms with van der Waals surface area (Å²) in [4.78, 5) is 31.4. The third kappa shape index (κ3) is 14.1. The Bertz CT molecular complexity index is 540. The minimum Gasteiger partial charge on any atom is -0.480 e. The molecule has 0 bridgehead atoms. The molecule has 1 aliphatic rings. The van der Waals surface area contributed by atoms with Crippen molar-refractivity contribution in [3.8, 4) is 0 Å². The van der Waals surface area contributed by atoms with Crippen LogP contribution in [0, 0.1) is 0 Å². The lowest BCUT2D eigenvalue weighted by atomic mass is 10.1. The van der Waals surface area contributed by atoms with E-state index in [1.165, 1.54) is 69.7 Å². The van der Waals surface area contributed by atoms with E-state index in [9.17, 15) is 14.4 Å². The first-order valence-corrected chi connectivity index (χ1v) is 12.1. The van der Waals surface area contributed by atoms with Crippen LogP contribution in [0.4, 0.5) is 0 Å². The Balaban J connectivity index is 0.000000867. The predicted octanol–water partition coefficient (Wildman–Crippen LogP) is 5.25. The Morgan fingerprint density at radius 3 is 1.80 bits per heavy atom. The summed E-state index contributed by atoms with van der Waals surface area (Å²) in [6, 6.07) is 0. The number of carboxylic acid groups (broad SMARTS) is 1. The SMILES string of the molecule is CCCCCCCCCCCCC(=S)SNC(C)(C)C(=O)O.O=C1CCC(=O)N1O. The number of hydrogen-bond donors (Lipinski definition) is 3. The van der Waals surface area contributed by atoms with Crippen molar-refractivity contribution in [1.29, 1.82) is 0 Å². The quantitative estimate of drug-likeness (QED) is 0.106. The molecule has 1 saturated heterocycles. The lowest BCUT2D eigenvalue weighted by Crippen LogP contribution is -2.43. The van der Waals surface area contributed by atoms with Gasteiger partial charge < -0.3 is 5.11 Å². The van der Waals surface area contributed by atoms with Gasteiger partial charge in [-0.3, -0.25) is 19.6 Å². The van der Waals surface area contributed by atoms with Crippen LogP contribution in [0.2, 0.25) is 0 Å². The zero-order valence-corrected chi connectivity index (χ0v) is 20.2. The summed E-state index contributed by atoms with van der Waals surface area (Å²) >= 11 is 6.57. The van der Waals surface area contributed by atoms with Crippen molar-refractivity contribution < 1.29 is 24.7 Å². The van der Waals surface area contributed by atoms with Crippen molar-refractivity contribution in [1.82, 2.24) is 9.79 Å². The minimum atomic E-state index is -0.938. The van der Waals surface area contributed by atoms with Crippen molar-refractivity contribution in [2.75, 3.05) is 0 Å². The molecule has 0 atom stereocenters. The maximum atomic E-state index is 11.0. The van der Waals surface area contributed by atoms with Crippen LogP contribution in [0.25, 0.3) is 0 Å². The molecule has 2 amide bonds. The molecule has 9 heteroatoms. The van der Waals surface area contributed by atoms with Gasteiger partial charge in [-0.25, -0.2) is 4.72 Å². The first-order valence-electron chi connectivity index (χ1n) is 10.9. The fraction of sp³-hybridized carbons (Fsp3) is 0.810. The Morgan fingerprint density at radius 2 is 1.43 bits per heavy atom. The van der Waals surface area contributed by atoms with E-state index in [4.69, 9.17) is 22.5 Å². The molecule has 1 rings (SSSR count). The van der Waals surface area contributed by atoms with Crippen LogP contribution in [-0.2, 0) is 14.4 Å². The van der Waals surface area contributed by atoms with Crippen LogP contribution >= 0.6 is 24.2 Å². The van der Waals surface area contributed by atoms with Crippen LogP contribution in [0.5, 0.6) is 0 Å². The van der Waals surface area contributed by atoms with Crippen molar-refractivity contribution in [2.45, 2.75) is 110 Å². The minimum absolute atomic E-state index is 0.148. The topological polar surface area (TPSA) is 107 Å². The monoisotopic (exact) mass is 462 g/mol. The standard InChI is InChI=1S/C17H33NO2S2.C4H5NO3/c1-4-5-6-7-8-9-10-11-12-13-14-15(21)22-18-17(2,3)16(19)20;6-3-1-2-4(7)5(3)8/h18H,4-14H2,1-3H3,(H,19,20);8H,1-2H2. The Morgan fingerprint density at radius 1 is 1.00 bits per heavy atom. The van der Waals surface area contributed by atoms with Crippen LogP contribution < -0.4 is 4.72 Å². The molecule has 1 fully saturated rings. The maximum Gasteiger partial charge on any atom is 0.324 e. The molecular weight excluding hydrogens is 424 g/mol. The van der Waals surface area contributed by atoms with Gasteiger partial charge in [-0.1, -0.05) is 76.9 Å². The average Bonchev–Trinajstić information content (AvgIpc) is 2.99. The summed E-state index contributed by atoms with van der Waals surface area (Å²) < 4.78 is 3.78. The Hall–Kier alpha value is -1.03. The highest BCUT2D eigenvalue weighted by molar-refractivity contribution is 8.21. The molecule has 1 heterocycles.